The molecule has 0 aromatic heterocycles. The van der Waals surface area contributed by atoms with Crippen molar-refractivity contribution in [2.24, 2.45) is 0 Å². The number of benzene rings is 1. The average Bonchev–Trinajstić information content (AvgIpc) is 2.84. The molecule has 2 unspecified atom stereocenters. The van der Waals surface area contributed by atoms with Crippen LogP contribution in [0, 0.1) is 0 Å². The number of carbonyl (C=O) groups is 1. The fraction of sp³-hybridized carbons (Fsp3) is 0.222. The van der Waals surface area contributed by atoms with Gasteiger partial charge in [0.1, 0.15) is 6.10 Å². The number of carboxylic acids is 1. The van der Waals surface area contributed by atoms with Crippen molar-refractivity contribution in [3.8, 4) is 0 Å². The number of carboxylic acid groups (broad SMARTS) is 1. The summed E-state index contributed by atoms with van der Waals surface area (Å²) in [6.07, 6.45) is -1.09. The Bertz CT molecular complexity index is 361. The number of epoxide rings is 1. The first-order chi connectivity index (χ1) is 6.20. The number of rotatable bonds is 2. The second kappa shape index (κ2) is 5.07. The first-order valence-electron chi connectivity index (χ1n) is 3.83. The number of halogens is 1. The van der Waals surface area contributed by atoms with Gasteiger partial charge in [-0.25, -0.2) is 4.79 Å². The molecule has 0 saturated carbocycles. The third-order valence-electron chi connectivity index (χ3n) is 1.95. The van der Waals surface area contributed by atoms with Crippen molar-refractivity contribution in [1.29, 1.82) is 0 Å². The molecule has 2 atom stereocenters. The predicted molar refractivity (Wildman–Crippen MR) is 47.8 cm³/mol. The van der Waals surface area contributed by atoms with Crippen molar-refractivity contribution in [3.63, 3.8) is 0 Å². The molecule has 70 valence electrons. The van der Waals surface area contributed by atoms with Crippen LogP contribution in [-0.2, 0) is 9.53 Å². The Morgan fingerprint density at radius 3 is 2.64 bits per heavy atom. The van der Waals surface area contributed by atoms with E-state index in [9.17, 15) is 4.79 Å². The maximum atomic E-state index is 10.5. The van der Waals surface area contributed by atoms with Crippen LogP contribution in [0.1, 0.15) is 13.1 Å². The zero-order valence-corrected chi connectivity index (χ0v) is 11.5. The molecule has 1 aliphatic rings. The SMILES string of the molecule is O=C(O)C1OC1c1ccccc1Cl.[H-].[K+]. The van der Waals surface area contributed by atoms with Crippen molar-refractivity contribution < 1.29 is 67.4 Å². The average molecular weight is 239 g/mol. The van der Waals surface area contributed by atoms with Gasteiger partial charge in [0, 0.05) is 10.6 Å². The molecule has 1 fully saturated rings. The number of hydrogen-bond donors (Lipinski definition) is 1. The van der Waals surface area contributed by atoms with Gasteiger partial charge in [0.15, 0.2) is 6.10 Å². The minimum Gasteiger partial charge on any atom is -1.00 e. The molecule has 0 aliphatic carbocycles. The molecule has 2 rings (SSSR count). The third-order valence-corrected chi connectivity index (χ3v) is 2.29. The van der Waals surface area contributed by atoms with Crippen molar-refractivity contribution >= 4 is 17.6 Å². The van der Waals surface area contributed by atoms with Crippen LogP contribution >= 0.6 is 11.6 Å². The molecule has 3 nitrogen and oxygen atoms in total. The Kier molecular flexibility index (Phi) is 4.58. The van der Waals surface area contributed by atoms with Gasteiger partial charge in [0.05, 0.1) is 0 Å². The molecule has 1 heterocycles. The molecule has 0 amide bonds. The Labute approximate surface area is 130 Å². The molecule has 0 radical (unpaired) electrons. The van der Waals surface area contributed by atoms with Gasteiger partial charge in [-0.2, -0.15) is 0 Å². The Morgan fingerprint density at radius 1 is 1.50 bits per heavy atom. The number of aliphatic carboxylic acids is 1. The summed E-state index contributed by atoms with van der Waals surface area (Å²) < 4.78 is 4.96. The standard InChI is InChI=1S/C9H7ClO3.K.H/c10-6-4-2-1-3-5(6)7-8(13-7)9(11)12;;/h1-4,7-8H,(H,11,12);;/q;+1;-1. The van der Waals surface area contributed by atoms with Crippen LogP contribution in [0.2, 0.25) is 5.02 Å². The summed E-state index contributed by atoms with van der Waals surface area (Å²) >= 11 is 5.86. The summed E-state index contributed by atoms with van der Waals surface area (Å²) in [6.45, 7) is 0. The maximum absolute atomic E-state index is 10.5. The third kappa shape index (κ3) is 2.58. The van der Waals surface area contributed by atoms with Crippen molar-refractivity contribution in [2.45, 2.75) is 12.2 Å². The van der Waals surface area contributed by atoms with Gasteiger partial charge in [-0.05, 0) is 6.07 Å². The summed E-state index contributed by atoms with van der Waals surface area (Å²) in [7, 11) is 0. The second-order valence-electron chi connectivity index (χ2n) is 2.84. The fourth-order valence-electron chi connectivity index (χ4n) is 1.24. The van der Waals surface area contributed by atoms with Gasteiger partial charge < -0.3 is 11.3 Å². The van der Waals surface area contributed by atoms with Gasteiger partial charge in [0.25, 0.3) is 0 Å². The smallest absolute Gasteiger partial charge is 1.00 e. The van der Waals surface area contributed by atoms with E-state index in [1.54, 1.807) is 18.2 Å². The summed E-state index contributed by atoms with van der Waals surface area (Å²) in [5.74, 6) is -0.940. The summed E-state index contributed by atoms with van der Waals surface area (Å²) in [5, 5.41) is 9.16. The van der Waals surface area contributed by atoms with E-state index in [-0.39, 0.29) is 58.9 Å². The summed E-state index contributed by atoms with van der Waals surface area (Å²) in [5.41, 5.74) is 0.747. The van der Waals surface area contributed by atoms with Crippen molar-refractivity contribution in [1.82, 2.24) is 0 Å². The summed E-state index contributed by atoms with van der Waals surface area (Å²) in [4.78, 5) is 10.5. The van der Waals surface area contributed by atoms with Crippen molar-refractivity contribution in [3.05, 3.63) is 34.9 Å². The van der Waals surface area contributed by atoms with E-state index in [2.05, 4.69) is 0 Å². The maximum Gasteiger partial charge on any atom is 1.00 e. The predicted octanol–water partition coefficient (Wildman–Crippen LogP) is -1.02. The molecule has 0 bridgehead atoms. The number of ether oxygens (including phenoxy) is 1. The van der Waals surface area contributed by atoms with Gasteiger partial charge >= 0.3 is 57.4 Å². The van der Waals surface area contributed by atoms with E-state index >= 15 is 0 Å². The Hall–Kier alpha value is 0.576. The topological polar surface area (TPSA) is 49.8 Å². The van der Waals surface area contributed by atoms with E-state index in [1.165, 1.54) is 0 Å². The van der Waals surface area contributed by atoms with Crippen LogP contribution < -0.4 is 51.4 Å². The zero-order chi connectivity index (χ0) is 9.42. The molecular weight excluding hydrogens is 231 g/mol. The van der Waals surface area contributed by atoms with E-state index < -0.39 is 12.1 Å². The van der Waals surface area contributed by atoms with Gasteiger partial charge in [-0.3, -0.25) is 0 Å². The van der Waals surface area contributed by atoms with Crippen LogP contribution in [-0.4, -0.2) is 17.2 Å². The minimum atomic E-state index is -0.940. The molecule has 5 heteroatoms. The molecular formula is C9H8ClKO3. The quantitative estimate of drug-likeness (QED) is 0.530. The van der Waals surface area contributed by atoms with Crippen LogP contribution in [0.3, 0.4) is 0 Å². The number of hydrogen-bond acceptors (Lipinski definition) is 2. The molecule has 1 saturated heterocycles. The molecule has 14 heavy (non-hydrogen) atoms. The largest absolute Gasteiger partial charge is 1.00 e. The molecule has 1 N–H and O–H groups in total. The summed E-state index contributed by atoms with van der Waals surface area (Å²) in [6, 6.07) is 7.10. The zero-order valence-electron chi connectivity index (χ0n) is 8.61. The van der Waals surface area contributed by atoms with Crippen LogP contribution in [0.15, 0.2) is 24.3 Å². The van der Waals surface area contributed by atoms with Crippen LogP contribution in [0.4, 0.5) is 0 Å². The monoisotopic (exact) mass is 238 g/mol. The molecule has 0 spiro atoms. The molecule has 1 aliphatic heterocycles. The van der Waals surface area contributed by atoms with E-state index in [1.807, 2.05) is 6.07 Å². The first kappa shape index (κ1) is 12.6. The van der Waals surface area contributed by atoms with E-state index in [0.29, 0.717) is 5.02 Å². The fourth-order valence-corrected chi connectivity index (χ4v) is 1.49. The Balaban J connectivity index is 0.000000980. The van der Waals surface area contributed by atoms with E-state index in [4.69, 9.17) is 21.4 Å². The molecule has 1 aromatic rings. The molecule has 1 aromatic carbocycles. The second-order valence-corrected chi connectivity index (χ2v) is 3.24. The normalized spacial score (nSPS) is 23.8. The van der Waals surface area contributed by atoms with E-state index in [0.717, 1.165) is 5.56 Å². The van der Waals surface area contributed by atoms with Gasteiger partial charge in [-0.1, -0.05) is 29.8 Å². The minimum absolute atomic E-state index is 0. The Morgan fingerprint density at radius 2 is 2.14 bits per heavy atom. The van der Waals surface area contributed by atoms with Gasteiger partial charge in [-0.15, -0.1) is 0 Å². The van der Waals surface area contributed by atoms with Crippen LogP contribution in [0.5, 0.6) is 0 Å². The first-order valence-corrected chi connectivity index (χ1v) is 4.20. The van der Waals surface area contributed by atoms with Crippen molar-refractivity contribution in [2.75, 3.05) is 0 Å². The van der Waals surface area contributed by atoms with Gasteiger partial charge in [0.2, 0.25) is 0 Å². The van der Waals surface area contributed by atoms with Crippen LogP contribution in [0.25, 0.3) is 0 Å².